The number of aliphatic hydroxyl groups excluding tert-OH is 1. The third-order valence-electron chi connectivity index (χ3n) is 4.51. The van der Waals surface area contributed by atoms with Crippen LogP contribution in [0.5, 0.6) is 0 Å². The van der Waals surface area contributed by atoms with E-state index in [0.29, 0.717) is 13.1 Å². The Hall–Kier alpha value is -2.28. The average molecular weight is 335 g/mol. The molecule has 2 heterocycles. The molecule has 0 aliphatic carbocycles. The van der Waals surface area contributed by atoms with Crippen LogP contribution in [0.3, 0.4) is 0 Å². The van der Waals surface area contributed by atoms with E-state index in [4.69, 9.17) is 0 Å². The first-order chi connectivity index (χ1) is 11.5. The number of aliphatic hydroxyl groups is 1. The Bertz CT molecular complexity index is 725. The molecule has 24 heavy (non-hydrogen) atoms. The van der Waals surface area contributed by atoms with E-state index in [-0.39, 0.29) is 28.6 Å². The predicted molar refractivity (Wildman–Crippen MR) is 84.2 cm³/mol. The van der Waals surface area contributed by atoms with Gasteiger partial charge in [-0.05, 0) is 31.9 Å². The number of rotatable bonds is 3. The molecule has 0 saturated carbocycles. The zero-order valence-corrected chi connectivity index (χ0v) is 13.3. The Labute approximate surface area is 138 Å². The molecule has 1 amide bonds. The number of halogens is 2. The van der Waals surface area contributed by atoms with Crippen molar-refractivity contribution in [2.75, 3.05) is 13.1 Å². The van der Waals surface area contributed by atoms with E-state index in [1.807, 2.05) is 0 Å². The van der Waals surface area contributed by atoms with Gasteiger partial charge in [-0.2, -0.15) is 5.10 Å². The third-order valence-corrected chi connectivity index (χ3v) is 4.51. The lowest BCUT2D eigenvalue weighted by Gasteiger charge is -2.34. The minimum Gasteiger partial charge on any atom is -0.393 e. The number of benzene rings is 1. The molecule has 3 rings (SSSR count). The number of carbonyl (C=O) groups excluding carboxylic acids is 1. The molecule has 2 aromatic rings. The van der Waals surface area contributed by atoms with Gasteiger partial charge in [-0.25, -0.2) is 8.78 Å². The lowest BCUT2D eigenvalue weighted by molar-refractivity contribution is 0.0466. The molecule has 2 atom stereocenters. The fourth-order valence-corrected chi connectivity index (χ4v) is 3.13. The van der Waals surface area contributed by atoms with Crippen LogP contribution >= 0.6 is 0 Å². The molecule has 1 aliphatic rings. The average Bonchev–Trinajstić information content (AvgIpc) is 3.03. The number of aromatic nitrogens is 2. The number of amides is 1. The number of hydrogen-bond acceptors (Lipinski definition) is 3. The SMILES string of the molecule is CC(O)C1CCCN(C(=O)c2cn[nH]c2-c2c(F)cccc2F)C1. The Kier molecular flexibility index (Phi) is 4.62. The summed E-state index contributed by atoms with van der Waals surface area (Å²) >= 11 is 0. The number of aromatic amines is 1. The van der Waals surface area contributed by atoms with E-state index < -0.39 is 17.7 Å². The molecular formula is C17H19F2N3O2. The van der Waals surface area contributed by atoms with E-state index in [2.05, 4.69) is 10.2 Å². The van der Waals surface area contributed by atoms with Crippen LogP contribution in [0.15, 0.2) is 24.4 Å². The van der Waals surface area contributed by atoms with Crippen molar-refractivity contribution in [2.24, 2.45) is 5.92 Å². The van der Waals surface area contributed by atoms with Gasteiger partial charge in [-0.15, -0.1) is 0 Å². The van der Waals surface area contributed by atoms with Crippen LogP contribution in [0.25, 0.3) is 11.3 Å². The van der Waals surface area contributed by atoms with Gasteiger partial charge in [0.05, 0.1) is 29.1 Å². The minimum absolute atomic E-state index is 0.00301. The second kappa shape index (κ2) is 6.68. The van der Waals surface area contributed by atoms with Crippen molar-refractivity contribution in [1.29, 1.82) is 0 Å². The van der Waals surface area contributed by atoms with E-state index in [1.54, 1.807) is 11.8 Å². The van der Waals surface area contributed by atoms with Gasteiger partial charge in [0.15, 0.2) is 0 Å². The van der Waals surface area contributed by atoms with E-state index in [0.717, 1.165) is 25.0 Å². The summed E-state index contributed by atoms with van der Waals surface area (Å²) < 4.78 is 28.0. The molecular weight excluding hydrogens is 316 g/mol. The first-order valence-corrected chi connectivity index (χ1v) is 7.94. The number of nitrogens with zero attached hydrogens (tertiary/aromatic N) is 2. The van der Waals surface area contributed by atoms with Crippen molar-refractivity contribution in [2.45, 2.75) is 25.9 Å². The van der Waals surface area contributed by atoms with Crippen LogP contribution in [-0.4, -0.2) is 45.3 Å². The van der Waals surface area contributed by atoms with Gasteiger partial charge in [0.1, 0.15) is 11.6 Å². The fraction of sp³-hybridized carbons (Fsp3) is 0.412. The quantitative estimate of drug-likeness (QED) is 0.906. The van der Waals surface area contributed by atoms with Crippen LogP contribution in [0.1, 0.15) is 30.1 Å². The number of H-pyrrole nitrogens is 1. The maximum Gasteiger partial charge on any atom is 0.257 e. The number of hydrogen-bond donors (Lipinski definition) is 2. The van der Waals surface area contributed by atoms with Gasteiger partial charge in [0.25, 0.3) is 5.91 Å². The molecule has 1 aromatic carbocycles. The first-order valence-electron chi connectivity index (χ1n) is 7.94. The fourth-order valence-electron chi connectivity index (χ4n) is 3.13. The number of piperidine rings is 1. The van der Waals surface area contributed by atoms with Gasteiger partial charge in [-0.3, -0.25) is 9.89 Å². The molecule has 0 radical (unpaired) electrons. The Morgan fingerprint density at radius 2 is 2.12 bits per heavy atom. The maximum atomic E-state index is 14.0. The van der Waals surface area contributed by atoms with Crippen LogP contribution < -0.4 is 0 Å². The van der Waals surface area contributed by atoms with Crippen molar-refractivity contribution in [3.05, 3.63) is 41.6 Å². The second-order valence-electron chi connectivity index (χ2n) is 6.15. The van der Waals surface area contributed by atoms with E-state index >= 15 is 0 Å². The van der Waals surface area contributed by atoms with Crippen molar-refractivity contribution in [3.8, 4) is 11.3 Å². The topological polar surface area (TPSA) is 69.2 Å². The highest BCUT2D eigenvalue weighted by Gasteiger charge is 2.30. The zero-order chi connectivity index (χ0) is 17.3. The van der Waals surface area contributed by atoms with Crippen LogP contribution in [0, 0.1) is 17.6 Å². The Morgan fingerprint density at radius 1 is 1.42 bits per heavy atom. The lowest BCUT2D eigenvalue weighted by Crippen LogP contribution is -2.43. The lowest BCUT2D eigenvalue weighted by atomic mass is 9.93. The summed E-state index contributed by atoms with van der Waals surface area (Å²) in [5.41, 5.74) is -0.123. The van der Waals surface area contributed by atoms with Crippen LogP contribution in [0.2, 0.25) is 0 Å². The molecule has 2 unspecified atom stereocenters. The van der Waals surface area contributed by atoms with Crippen molar-refractivity contribution >= 4 is 5.91 Å². The van der Waals surface area contributed by atoms with Crippen molar-refractivity contribution in [1.82, 2.24) is 15.1 Å². The monoisotopic (exact) mass is 335 g/mol. The van der Waals surface area contributed by atoms with E-state index in [1.165, 1.54) is 12.3 Å². The molecule has 5 nitrogen and oxygen atoms in total. The van der Waals surface area contributed by atoms with Gasteiger partial charge >= 0.3 is 0 Å². The molecule has 0 spiro atoms. The number of carbonyl (C=O) groups is 1. The molecule has 128 valence electrons. The number of likely N-dealkylation sites (tertiary alicyclic amines) is 1. The highest BCUT2D eigenvalue weighted by Crippen LogP contribution is 2.29. The number of nitrogens with one attached hydrogen (secondary N) is 1. The van der Waals surface area contributed by atoms with Gasteiger partial charge in [0, 0.05) is 19.0 Å². The van der Waals surface area contributed by atoms with Crippen LogP contribution in [-0.2, 0) is 0 Å². The Morgan fingerprint density at radius 3 is 2.79 bits per heavy atom. The predicted octanol–water partition coefficient (Wildman–Crippen LogP) is 2.59. The first kappa shape index (κ1) is 16.6. The molecule has 1 fully saturated rings. The van der Waals surface area contributed by atoms with Gasteiger partial charge in [0.2, 0.25) is 0 Å². The standard InChI is InChI=1S/C17H19F2N3O2/c1-10(23)11-4-3-7-22(9-11)17(24)12-8-20-21-16(12)15-13(18)5-2-6-14(15)19/h2,5-6,8,10-11,23H,3-4,7,9H2,1H3,(H,20,21). The summed E-state index contributed by atoms with van der Waals surface area (Å²) in [5, 5.41) is 16.1. The highest BCUT2D eigenvalue weighted by molar-refractivity contribution is 5.99. The summed E-state index contributed by atoms with van der Waals surface area (Å²) in [7, 11) is 0. The highest BCUT2D eigenvalue weighted by atomic mass is 19.1. The largest absolute Gasteiger partial charge is 0.393 e. The van der Waals surface area contributed by atoms with Gasteiger partial charge < -0.3 is 10.0 Å². The third kappa shape index (κ3) is 3.03. The molecule has 0 bridgehead atoms. The molecule has 1 aromatic heterocycles. The molecule has 1 aliphatic heterocycles. The molecule has 1 saturated heterocycles. The molecule has 2 N–H and O–H groups in total. The van der Waals surface area contributed by atoms with E-state index in [9.17, 15) is 18.7 Å². The Balaban J connectivity index is 1.91. The summed E-state index contributed by atoms with van der Waals surface area (Å²) in [6, 6.07) is 3.54. The maximum absolute atomic E-state index is 14.0. The molecule has 7 heteroatoms. The normalized spacial score (nSPS) is 19.3. The summed E-state index contributed by atoms with van der Waals surface area (Å²) in [6.07, 6.45) is 2.41. The summed E-state index contributed by atoms with van der Waals surface area (Å²) in [4.78, 5) is 14.4. The van der Waals surface area contributed by atoms with Crippen LogP contribution in [0.4, 0.5) is 8.78 Å². The van der Waals surface area contributed by atoms with Crippen molar-refractivity contribution in [3.63, 3.8) is 0 Å². The smallest absolute Gasteiger partial charge is 0.257 e. The zero-order valence-electron chi connectivity index (χ0n) is 13.3. The summed E-state index contributed by atoms with van der Waals surface area (Å²) in [5.74, 6) is -1.85. The van der Waals surface area contributed by atoms with Crippen molar-refractivity contribution < 1.29 is 18.7 Å². The summed E-state index contributed by atoms with van der Waals surface area (Å²) in [6.45, 7) is 2.67. The van der Waals surface area contributed by atoms with Gasteiger partial charge in [-0.1, -0.05) is 6.07 Å². The second-order valence-corrected chi connectivity index (χ2v) is 6.15. The minimum atomic E-state index is -0.756.